The van der Waals surface area contributed by atoms with Crippen LogP contribution in [0.15, 0.2) is 91.0 Å². The molecular weight excluding hydrogens is 524 g/mol. The number of ether oxygens (including phenoxy) is 1. The lowest BCUT2D eigenvalue weighted by Crippen LogP contribution is -2.69. The number of fused-ring (bicyclic) bond motifs is 2. The van der Waals surface area contributed by atoms with Gasteiger partial charge in [0, 0.05) is 19.1 Å². The number of carbonyl (C=O) groups excluding carboxylic acids is 1. The summed E-state index contributed by atoms with van der Waals surface area (Å²) < 4.78 is 35.8. The third-order valence-corrected chi connectivity index (χ3v) is 8.46. The zero-order valence-corrected chi connectivity index (χ0v) is 24.4. The van der Waals surface area contributed by atoms with E-state index in [0.717, 1.165) is 29.4 Å². The van der Waals surface area contributed by atoms with Crippen molar-refractivity contribution in [3.63, 3.8) is 0 Å². The molecule has 2 atom stereocenters. The largest absolute Gasteiger partial charge is 0.444 e. The van der Waals surface area contributed by atoms with Gasteiger partial charge in [-0.3, -0.25) is 14.0 Å². The van der Waals surface area contributed by atoms with Crippen LogP contribution in [0, 0.1) is 0 Å². The molecule has 8 heteroatoms. The predicted octanol–water partition coefficient (Wildman–Crippen LogP) is 5.41. The van der Waals surface area contributed by atoms with Crippen molar-refractivity contribution < 1.29 is 22.1 Å². The second-order valence-corrected chi connectivity index (χ2v) is 13.6. The summed E-state index contributed by atoms with van der Waals surface area (Å²) in [4.78, 5) is 17.8. The molecule has 2 aliphatic heterocycles. The molecule has 40 heavy (non-hydrogen) atoms. The molecule has 0 N–H and O–H groups in total. The van der Waals surface area contributed by atoms with E-state index in [1.54, 1.807) is 4.90 Å². The van der Waals surface area contributed by atoms with Gasteiger partial charge in [-0.15, -0.1) is 0 Å². The average molecular weight is 563 g/mol. The van der Waals surface area contributed by atoms with Crippen molar-refractivity contribution in [1.82, 2.24) is 9.80 Å². The van der Waals surface area contributed by atoms with E-state index < -0.39 is 32.9 Å². The summed E-state index contributed by atoms with van der Waals surface area (Å²) in [5.74, 6) is 0. The normalized spacial score (nSPS) is 21.8. The molecule has 2 fully saturated rings. The summed E-state index contributed by atoms with van der Waals surface area (Å²) in [6.45, 7) is 6.37. The van der Waals surface area contributed by atoms with Crippen LogP contribution in [0.4, 0.5) is 4.79 Å². The summed E-state index contributed by atoms with van der Waals surface area (Å²) in [6.07, 6.45) is 1.95. The first-order valence-electron chi connectivity index (χ1n) is 13.7. The fraction of sp³-hybridized carbons (Fsp3) is 0.406. The fourth-order valence-corrected chi connectivity index (χ4v) is 6.91. The van der Waals surface area contributed by atoms with Gasteiger partial charge in [0.15, 0.2) is 0 Å². The minimum absolute atomic E-state index is 0.132. The monoisotopic (exact) mass is 562 g/mol. The van der Waals surface area contributed by atoms with E-state index in [1.807, 2.05) is 75.4 Å². The predicted molar refractivity (Wildman–Crippen MR) is 155 cm³/mol. The van der Waals surface area contributed by atoms with Gasteiger partial charge in [-0.2, -0.15) is 8.42 Å². The molecule has 2 unspecified atom stereocenters. The summed E-state index contributed by atoms with van der Waals surface area (Å²) in [5, 5.41) is 0. The van der Waals surface area contributed by atoms with Gasteiger partial charge in [-0.05, 0) is 50.3 Å². The van der Waals surface area contributed by atoms with Crippen molar-refractivity contribution in [3.8, 4) is 0 Å². The van der Waals surface area contributed by atoms with Crippen LogP contribution in [-0.4, -0.2) is 67.4 Å². The molecular formula is C32H38N2O5S. The molecule has 0 saturated carbocycles. The highest BCUT2D eigenvalue weighted by Gasteiger charge is 2.59. The Morgan fingerprint density at radius 2 is 1.35 bits per heavy atom. The van der Waals surface area contributed by atoms with Crippen LogP contribution in [0.3, 0.4) is 0 Å². The van der Waals surface area contributed by atoms with Gasteiger partial charge in [0.25, 0.3) is 10.1 Å². The summed E-state index contributed by atoms with van der Waals surface area (Å²) in [7, 11) is -3.74. The Kier molecular flexibility index (Phi) is 7.54. The molecule has 7 nitrogen and oxygen atoms in total. The van der Waals surface area contributed by atoms with Crippen molar-refractivity contribution in [3.05, 3.63) is 108 Å². The molecule has 1 amide bonds. The molecule has 0 radical (unpaired) electrons. The Bertz CT molecular complexity index is 1330. The van der Waals surface area contributed by atoms with E-state index in [9.17, 15) is 13.2 Å². The lowest BCUT2D eigenvalue weighted by Gasteiger charge is -2.55. The van der Waals surface area contributed by atoms with Crippen LogP contribution < -0.4 is 0 Å². The Labute approximate surface area is 237 Å². The van der Waals surface area contributed by atoms with Crippen LogP contribution in [0.1, 0.15) is 50.3 Å². The zero-order chi connectivity index (χ0) is 28.6. The Hall–Kier alpha value is -3.20. The molecule has 5 rings (SSSR count). The molecule has 2 saturated heterocycles. The molecule has 0 spiro atoms. The summed E-state index contributed by atoms with van der Waals surface area (Å²) >= 11 is 0. The standard InChI is InChI=1S/C32H38N2O5S/c1-30(2,3)39-29(35)34-28-20-21-31(34,24-38-40(4,36)37)23-33(22-28)32(25-14-8-5-9-15-25,26-16-10-6-11-17-26)27-18-12-7-13-19-27/h5-19,28H,20-24H2,1-4H3. The van der Waals surface area contributed by atoms with Crippen molar-refractivity contribution in [2.45, 2.75) is 56.3 Å². The molecule has 2 aliphatic rings. The Morgan fingerprint density at radius 1 is 0.875 bits per heavy atom. The number of hydrogen-bond acceptors (Lipinski definition) is 6. The van der Waals surface area contributed by atoms with Gasteiger partial charge in [0.1, 0.15) is 5.60 Å². The zero-order valence-electron chi connectivity index (χ0n) is 23.6. The molecule has 3 aromatic carbocycles. The third-order valence-electron chi connectivity index (χ3n) is 7.92. The van der Waals surface area contributed by atoms with E-state index in [-0.39, 0.29) is 12.6 Å². The maximum Gasteiger partial charge on any atom is 0.411 e. The number of nitrogens with zero attached hydrogens (tertiary/aromatic N) is 2. The number of carbonyl (C=O) groups is 1. The SMILES string of the molecule is CC(C)(C)OC(=O)N1C2CCC1(COS(C)(=O)=O)CN(C(c1ccccc1)(c1ccccc1)c1ccccc1)C2. The maximum absolute atomic E-state index is 13.7. The van der Waals surface area contributed by atoms with Crippen molar-refractivity contribution in [2.75, 3.05) is 26.0 Å². The van der Waals surface area contributed by atoms with E-state index in [4.69, 9.17) is 8.92 Å². The minimum Gasteiger partial charge on any atom is -0.444 e. The lowest BCUT2D eigenvalue weighted by atomic mass is 9.74. The van der Waals surface area contributed by atoms with Crippen LogP contribution in [-0.2, 0) is 24.6 Å². The topological polar surface area (TPSA) is 76.1 Å². The smallest absolute Gasteiger partial charge is 0.411 e. The van der Waals surface area contributed by atoms with Gasteiger partial charge in [0.2, 0.25) is 0 Å². The molecule has 0 aliphatic carbocycles. The summed E-state index contributed by atoms with van der Waals surface area (Å²) in [5.41, 5.74) is 1.01. The number of amides is 1. The van der Waals surface area contributed by atoms with E-state index >= 15 is 0 Å². The van der Waals surface area contributed by atoms with Gasteiger partial charge in [-0.1, -0.05) is 91.0 Å². The van der Waals surface area contributed by atoms with Crippen LogP contribution >= 0.6 is 0 Å². The highest BCUT2D eigenvalue weighted by Crippen LogP contribution is 2.49. The van der Waals surface area contributed by atoms with Crippen LogP contribution in [0.25, 0.3) is 0 Å². The molecule has 212 valence electrons. The third kappa shape index (κ3) is 5.40. The number of piperazine rings is 1. The maximum atomic E-state index is 13.7. The fourth-order valence-electron chi connectivity index (χ4n) is 6.47. The quantitative estimate of drug-likeness (QED) is 0.283. The second kappa shape index (κ2) is 10.7. The number of rotatable bonds is 7. The first-order chi connectivity index (χ1) is 18.9. The van der Waals surface area contributed by atoms with Gasteiger partial charge >= 0.3 is 6.09 Å². The highest BCUT2D eigenvalue weighted by atomic mass is 32.2. The number of hydrogen-bond donors (Lipinski definition) is 0. The molecule has 3 aromatic rings. The van der Waals surface area contributed by atoms with Gasteiger partial charge in [0.05, 0.1) is 23.9 Å². The van der Waals surface area contributed by atoms with E-state index in [0.29, 0.717) is 19.5 Å². The van der Waals surface area contributed by atoms with Crippen molar-refractivity contribution in [2.24, 2.45) is 0 Å². The first kappa shape index (κ1) is 28.3. The number of benzene rings is 3. The highest BCUT2D eigenvalue weighted by molar-refractivity contribution is 7.85. The van der Waals surface area contributed by atoms with Crippen molar-refractivity contribution >= 4 is 16.2 Å². The van der Waals surface area contributed by atoms with Crippen LogP contribution in [0.2, 0.25) is 0 Å². The minimum atomic E-state index is -3.74. The van der Waals surface area contributed by atoms with Gasteiger partial charge < -0.3 is 4.74 Å². The molecule has 2 bridgehead atoms. The molecule has 2 heterocycles. The van der Waals surface area contributed by atoms with Crippen LogP contribution in [0.5, 0.6) is 0 Å². The Balaban J connectivity index is 1.69. The number of likely N-dealkylation sites (tertiary alicyclic amines) is 1. The van der Waals surface area contributed by atoms with Gasteiger partial charge in [-0.25, -0.2) is 4.79 Å². The first-order valence-corrected chi connectivity index (χ1v) is 15.5. The second-order valence-electron chi connectivity index (χ2n) is 11.9. The summed E-state index contributed by atoms with van der Waals surface area (Å²) in [6, 6.07) is 31.0. The van der Waals surface area contributed by atoms with Crippen molar-refractivity contribution in [1.29, 1.82) is 0 Å². The average Bonchev–Trinajstić information content (AvgIpc) is 3.15. The lowest BCUT2D eigenvalue weighted by molar-refractivity contribution is -0.0611. The Morgan fingerprint density at radius 3 is 1.77 bits per heavy atom. The van der Waals surface area contributed by atoms with E-state index in [1.165, 1.54) is 0 Å². The van der Waals surface area contributed by atoms with E-state index in [2.05, 4.69) is 41.3 Å². The molecule has 0 aromatic heterocycles.